The molecule has 0 radical (unpaired) electrons. The highest BCUT2D eigenvalue weighted by atomic mass is 16.5. The molecule has 2 saturated heterocycles. The lowest BCUT2D eigenvalue weighted by atomic mass is 9.65. The van der Waals surface area contributed by atoms with Crippen LogP contribution in [0, 0.1) is 11.8 Å². The van der Waals surface area contributed by atoms with Gasteiger partial charge in [-0.25, -0.2) is 0 Å². The smallest absolute Gasteiger partial charge is 0.162 e. The molecule has 134 valence electrons. The zero-order valence-electron chi connectivity index (χ0n) is 15.5. The summed E-state index contributed by atoms with van der Waals surface area (Å²) in [6.07, 6.45) is 5.24. The molecule has 6 rings (SSSR count). The lowest BCUT2D eigenvalue weighted by molar-refractivity contribution is -0.0134. The van der Waals surface area contributed by atoms with Crippen LogP contribution in [0.4, 0.5) is 0 Å². The van der Waals surface area contributed by atoms with Crippen LogP contribution in [0.15, 0.2) is 12.1 Å². The van der Waals surface area contributed by atoms with Gasteiger partial charge in [-0.2, -0.15) is 0 Å². The van der Waals surface area contributed by atoms with Gasteiger partial charge in [-0.05, 0) is 42.7 Å². The lowest BCUT2D eigenvalue weighted by Crippen LogP contribution is -2.56. The Morgan fingerprint density at radius 1 is 1.16 bits per heavy atom. The maximum absolute atomic E-state index is 5.56. The third-order valence-electron chi connectivity index (χ3n) is 7.02. The van der Waals surface area contributed by atoms with Crippen molar-refractivity contribution in [3.63, 3.8) is 0 Å². The van der Waals surface area contributed by atoms with E-state index < -0.39 is 0 Å². The predicted octanol–water partition coefficient (Wildman–Crippen LogP) is 3.95. The van der Waals surface area contributed by atoms with E-state index in [1.165, 1.54) is 54.5 Å². The molecular formula is C21H28N2O2. The van der Waals surface area contributed by atoms with Crippen molar-refractivity contribution in [1.82, 2.24) is 9.88 Å². The van der Waals surface area contributed by atoms with E-state index >= 15 is 0 Å². The topological polar surface area (TPSA) is 37.5 Å². The van der Waals surface area contributed by atoms with E-state index in [-0.39, 0.29) is 0 Å². The van der Waals surface area contributed by atoms with Crippen molar-refractivity contribution < 1.29 is 9.47 Å². The Morgan fingerprint density at radius 2 is 1.96 bits per heavy atom. The van der Waals surface area contributed by atoms with Crippen molar-refractivity contribution in [3.8, 4) is 11.5 Å². The Kier molecular flexibility index (Phi) is 3.53. The number of H-pyrrole nitrogens is 1. The fraction of sp³-hybridized carbons (Fsp3) is 0.619. The van der Waals surface area contributed by atoms with Gasteiger partial charge in [0.2, 0.25) is 0 Å². The first-order valence-corrected chi connectivity index (χ1v) is 9.74. The van der Waals surface area contributed by atoms with E-state index in [2.05, 4.69) is 28.9 Å². The van der Waals surface area contributed by atoms with Crippen LogP contribution in [0.2, 0.25) is 0 Å². The van der Waals surface area contributed by atoms with Gasteiger partial charge in [0.25, 0.3) is 0 Å². The quantitative estimate of drug-likeness (QED) is 0.919. The SMILES string of the molecule is CC[C@H]1C[C@@H]2C[C@H]3c4[nH]c5cc(OC)c(OC)cc5c4CCN(C2)[C@@H]13. The van der Waals surface area contributed by atoms with Crippen LogP contribution >= 0.6 is 0 Å². The molecule has 0 spiro atoms. The van der Waals surface area contributed by atoms with E-state index in [1.807, 2.05) is 0 Å². The van der Waals surface area contributed by atoms with E-state index in [0.29, 0.717) is 5.92 Å². The zero-order valence-corrected chi connectivity index (χ0v) is 15.5. The molecule has 4 nitrogen and oxygen atoms in total. The van der Waals surface area contributed by atoms with Crippen LogP contribution in [-0.4, -0.2) is 43.2 Å². The second kappa shape index (κ2) is 5.66. The number of hydrogen-bond donors (Lipinski definition) is 1. The minimum Gasteiger partial charge on any atom is -0.493 e. The van der Waals surface area contributed by atoms with Crippen LogP contribution in [0.1, 0.15) is 43.4 Å². The molecule has 4 bridgehead atoms. The minimum atomic E-state index is 0.666. The highest BCUT2D eigenvalue weighted by molar-refractivity contribution is 5.88. The average molecular weight is 340 g/mol. The number of fused-ring (bicyclic) bond motifs is 4. The van der Waals surface area contributed by atoms with Crippen molar-refractivity contribution in [2.75, 3.05) is 27.3 Å². The van der Waals surface area contributed by atoms with Gasteiger partial charge in [-0.1, -0.05) is 13.3 Å². The van der Waals surface area contributed by atoms with Gasteiger partial charge in [-0.15, -0.1) is 0 Å². The summed E-state index contributed by atoms with van der Waals surface area (Å²) in [6, 6.07) is 5.01. The normalized spacial score (nSPS) is 33.2. The van der Waals surface area contributed by atoms with Gasteiger partial charge in [0.1, 0.15) is 0 Å². The molecule has 4 heterocycles. The third-order valence-corrected chi connectivity index (χ3v) is 7.02. The first-order chi connectivity index (χ1) is 12.2. The maximum Gasteiger partial charge on any atom is 0.162 e. The molecule has 1 N–H and O–H groups in total. The number of nitrogens with one attached hydrogen (secondary N) is 1. The van der Waals surface area contributed by atoms with E-state index in [4.69, 9.17) is 9.47 Å². The van der Waals surface area contributed by atoms with Crippen LogP contribution in [0.3, 0.4) is 0 Å². The summed E-state index contributed by atoms with van der Waals surface area (Å²) in [5, 5.41) is 1.32. The monoisotopic (exact) mass is 340 g/mol. The molecule has 1 saturated carbocycles. The lowest BCUT2D eigenvalue weighted by Gasteiger charge is -2.53. The molecule has 25 heavy (non-hydrogen) atoms. The fourth-order valence-electron chi connectivity index (χ4n) is 6.02. The Balaban J connectivity index is 1.67. The fourth-order valence-corrected chi connectivity index (χ4v) is 6.02. The third kappa shape index (κ3) is 2.16. The van der Waals surface area contributed by atoms with E-state index in [0.717, 1.165) is 35.8 Å². The number of methoxy groups -OCH3 is 2. The van der Waals surface area contributed by atoms with Gasteiger partial charge in [-0.3, -0.25) is 4.90 Å². The second-order valence-electron chi connectivity index (χ2n) is 8.12. The van der Waals surface area contributed by atoms with Crippen molar-refractivity contribution in [2.45, 2.75) is 44.6 Å². The van der Waals surface area contributed by atoms with Gasteiger partial charge in [0.05, 0.1) is 14.2 Å². The van der Waals surface area contributed by atoms with Gasteiger partial charge < -0.3 is 14.5 Å². The summed E-state index contributed by atoms with van der Waals surface area (Å²) in [6.45, 7) is 4.89. The van der Waals surface area contributed by atoms with Crippen LogP contribution in [-0.2, 0) is 6.42 Å². The number of hydrogen-bond acceptors (Lipinski definition) is 3. The molecule has 1 aliphatic carbocycles. The Hall–Kier alpha value is -1.68. The Labute approximate surface area is 149 Å². The first-order valence-electron chi connectivity index (χ1n) is 9.74. The van der Waals surface area contributed by atoms with Crippen LogP contribution in [0.25, 0.3) is 10.9 Å². The number of ether oxygens (including phenoxy) is 2. The summed E-state index contributed by atoms with van der Waals surface area (Å²) in [5.74, 6) is 4.04. The molecule has 3 aliphatic heterocycles. The van der Waals surface area contributed by atoms with Crippen LogP contribution in [0.5, 0.6) is 11.5 Å². The standard InChI is InChI=1S/C21H28N2O2/c1-4-13-7-12-8-16-20-14(5-6-23(11-12)21(13)16)15-9-18(24-2)19(25-3)10-17(15)22-20/h9-10,12-13,16,21-22H,4-8,11H2,1-3H3/t12-,13+,16+,21+/m1/s1. The maximum atomic E-state index is 5.56. The van der Waals surface area contributed by atoms with Crippen LogP contribution < -0.4 is 9.47 Å². The molecule has 1 aromatic carbocycles. The Morgan fingerprint density at radius 3 is 2.72 bits per heavy atom. The summed E-state index contributed by atoms with van der Waals surface area (Å²) < 4.78 is 11.1. The molecule has 3 fully saturated rings. The molecule has 4 aliphatic rings. The first kappa shape index (κ1) is 15.6. The Bertz CT molecular complexity index is 812. The molecule has 1 unspecified atom stereocenters. The van der Waals surface area contributed by atoms with Gasteiger partial charge in [0, 0.05) is 47.7 Å². The summed E-state index contributed by atoms with van der Waals surface area (Å²) in [7, 11) is 3.43. The molecule has 4 heteroatoms. The minimum absolute atomic E-state index is 0.666. The number of nitrogens with zero attached hydrogens (tertiary/aromatic N) is 1. The highest BCUT2D eigenvalue weighted by Gasteiger charge is 2.48. The summed E-state index contributed by atoms with van der Waals surface area (Å²) in [5.41, 5.74) is 4.22. The van der Waals surface area contributed by atoms with E-state index in [1.54, 1.807) is 14.2 Å². The molecule has 5 atom stereocenters. The zero-order chi connectivity index (χ0) is 17.1. The van der Waals surface area contributed by atoms with Crippen molar-refractivity contribution >= 4 is 10.9 Å². The largest absolute Gasteiger partial charge is 0.493 e. The molecule has 1 aromatic heterocycles. The highest BCUT2D eigenvalue weighted by Crippen LogP contribution is 2.51. The summed E-state index contributed by atoms with van der Waals surface area (Å²) >= 11 is 0. The number of rotatable bonds is 3. The predicted molar refractivity (Wildman–Crippen MR) is 99.7 cm³/mol. The van der Waals surface area contributed by atoms with Crippen molar-refractivity contribution in [2.24, 2.45) is 11.8 Å². The molecule has 0 amide bonds. The van der Waals surface area contributed by atoms with Gasteiger partial charge >= 0.3 is 0 Å². The summed E-state index contributed by atoms with van der Waals surface area (Å²) in [4.78, 5) is 6.61. The average Bonchev–Trinajstić information content (AvgIpc) is 2.96. The number of aromatic amines is 1. The second-order valence-corrected chi connectivity index (χ2v) is 8.12. The number of benzene rings is 1. The number of aromatic nitrogens is 1. The molecule has 2 aromatic rings. The molecular weight excluding hydrogens is 312 g/mol. The van der Waals surface area contributed by atoms with E-state index in [9.17, 15) is 0 Å². The van der Waals surface area contributed by atoms with Gasteiger partial charge in [0.15, 0.2) is 11.5 Å². The van der Waals surface area contributed by atoms with Crippen molar-refractivity contribution in [3.05, 3.63) is 23.4 Å². The van der Waals surface area contributed by atoms with Crippen molar-refractivity contribution in [1.29, 1.82) is 0 Å². The number of piperidine rings is 2.